The first kappa shape index (κ1) is 24.3. The van der Waals surface area contributed by atoms with Crippen LogP contribution in [0.4, 0.5) is 5.69 Å². The number of rotatable bonds is 4. The Morgan fingerprint density at radius 2 is 1.54 bits per heavy atom. The van der Waals surface area contributed by atoms with Gasteiger partial charge in [0.25, 0.3) is 11.7 Å². The van der Waals surface area contributed by atoms with Crippen molar-refractivity contribution in [1.29, 1.82) is 0 Å². The van der Waals surface area contributed by atoms with Crippen LogP contribution in [-0.4, -0.2) is 23.9 Å². The van der Waals surface area contributed by atoms with Crippen molar-refractivity contribution in [2.75, 3.05) is 12.0 Å². The Balaban J connectivity index is 2.00. The highest BCUT2D eigenvalue weighted by atomic mass is 16.5. The summed E-state index contributed by atoms with van der Waals surface area (Å²) in [7, 11) is 1.52. The Bertz CT molecular complexity index is 1310. The second kappa shape index (κ2) is 9.06. The van der Waals surface area contributed by atoms with Gasteiger partial charge >= 0.3 is 0 Å². The molecule has 5 heteroatoms. The zero-order chi connectivity index (χ0) is 25.5. The van der Waals surface area contributed by atoms with Gasteiger partial charge in [-0.1, -0.05) is 63.2 Å². The molecule has 0 aliphatic carbocycles. The number of nitrogens with zero attached hydrogens (tertiary/aromatic N) is 1. The predicted octanol–water partition coefficient (Wildman–Crippen LogP) is 6.24. The number of aliphatic hydroxyl groups excluding tert-OH is 1. The molecule has 180 valence electrons. The Morgan fingerprint density at radius 1 is 0.914 bits per heavy atom. The number of hydrogen-bond acceptors (Lipinski definition) is 4. The fourth-order valence-electron chi connectivity index (χ4n) is 4.64. The van der Waals surface area contributed by atoms with E-state index in [1.807, 2.05) is 74.5 Å². The van der Waals surface area contributed by atoms with Gasteiger partial charge in [-0.3, -0.25) is 14.5 Å². The van der Waals surface area contributed by atoms with Crippen LogP contribution in [0.15, 0.2) is 72.3 Å². The molecule has 0 radical (unpaired) electrons. The summed E-state index contributed by atoms with van der Waals surface area (Å²) in [5.41, 5.74) is 4.53. The number of aryl methyl sites for hydroxylation is 2. The lowest BCUT2D eigenvalue weighted by Crippen LogP contribution is -2.29. The molecule has 1 atom stereocenters. The molecular weight excluding hydrogens is 438 g/mol. The van der Waals surface area contributed by atoms with E-state index in [0.717, 1.165) is 22.3 Å². The molecule has 3 aromatic rings. The SMILES string of the molecule is COc1ccc(C(C)(C)C)cc1/C(O)=C1\C(=O)C(=O)N(c2cc(C)cc(C)c2)C1c1ccccc1. The third kappa shape index (κ3) is 4.46. The maximum Gasteiger partial charge on any atom is 0.300 e. The first-order valence-electron chi connectivity index (χ1n) is 11.7. The van der Waals surface area contributed by atoms with Crippen molar-refractivity contribution in [3.8, 4) is 5.75 Å². The summed E-state index contributed by atoms with van der Waals surface area (Å²) in [6.07, 6.45) is 0. The first-order chi connectivity index (χ1) is 16.5. The van der Waals surface area contributed by atoms with Gasteiger partial charge in [-0.25, -0.2) is 0 Å². The molecule has 1 aliphatic heterocycles. The Hall–Kier alpha value is -3.86. The molecular formula is C30H31NO4. The minimum atomic E-state index is -0.777. The van der Waals surface area contributed by atoms with Crippen molar-refractivity contribution in [3.05, 3.63) is 100 Å². The second-order valence-corrected chi connectivity index (χ2v) is 10.1. The van der Waals surface area contributed by atoms with Crippen LogP contribution in [0.5, 0.6) is 5.75 Å². The topological polar surface area (TPSA) is 66.8 Å². The highest BCUT2D eigenvalue weighted by Gasteiger charge is 2.47. The summed E-state index contributed by atoms with van der Waals surface area (Å²) in [5, 5.41) is 11.6. The monoisotopic (exact) mass is 469 g/mol. The van der Waals surface area contributed by atoms with Gasteiger partial charge in [0.15, 0.2) is 0 Å². The van der Waals surface area contributed by atoms with Crippen molar-refractivity contribution >= 4 is 23.1 Å². The van der Waals surface area contributed by atoms with Crippen LogP contribution in [-0.2, 0) is 15.0 Å². The number of anilines is 1. The molecule has 0 aromatic heterocycles. The maximum atomic E-state index is 13.5. The summed E-state index contributed by atoms with van der Waals surface area (Å²) in [6.45, 7) is 10.1. The molecule has 1 N–H and O–H groups in total. The predicted molar refractivity (Wildman–Crippen MR) is 139 cm³/mol. The molecule has 35 heavy (non-hydrogen) atoms. The molecule has 0 saturated carbocycles. The Morgan fingerprint density at radius 3 is 2.11 bits per heavy atom. The van der Waals surface area contributed by atoms with E-state index in [1.54, 1.807) is 6.07 Å². The number of hydrogen-bond donors (Lipinski definition) is 1. The molecule has 1 fully saturated rings. The quantitative estimate of drug-likeness (QED) is 0.279. The summed E-state index contributed by atoms with van der Waals surface area (Å²) < 4.78 is 5.54. The van der Waals surface area contributed by atoms with Gasteiger partial charge in [0.1, 0.15) is 11.5 Å². The number of carbonyl (C=O) groups is 2. The van der Waals surface area contributed by atoms with Crippen LogP contribution >= 0.6 is 0 Å². The highest BCUT2D eigenvalue weighted by molar-refractivity contribution is 6.51. The normalized spacial score (nSPS) is 17.7. The van der Waals surface area contributed by atoms with E-state index < -0.39 is 17.7 Å². The average molecular weight is 470 g/mol. The summed E-state index contributed by atoms with van der Waals surface area (Å²) in [4.78, 5) is 28.4. The number of carbonyl (C=O) groups excluding carboxylic acids is 2. The van der Waals surface area contributed by atoms with Gasteiger partial charge in [-0.15, -0.1) is 0 Å². The van der Waals surface area contributed by atoms with Crippen LogP contribution in [0.1, 0.15) is 54.6 Å². The summed E-state index contributed by atoms with van der Waals surface area (Å²) in [6, 6.07) is 19.9. The molecule has 1 amide bonds. The van der Waals surface area contributed by atoms with E-state index in [9.17, 15) is 14.7 Å². The van der Waals surface area contributed by atoms with Crippen LogP contribution < -0.4 is 9.64 Å². The molecule has 5 nitrogen and oxygen atoms in total. The van der Waals surface area contributed by atoms with Gasteiger partial charge in [-0.2, -0.15) is 0 Å². The fourth-order valence-corrected chi connectivity index (χ4v) is 4.64. The van der Waals surface area contributed by atoms with E-state index in [4.69, 9.17) is 4.74 Å². The molecule has 0 spiro atoms. The van der Waals surface area contributed by atoms with Crippen molar-refractivity contribution in [1.82, 2.24) is 0 Å². The molecule has 0 bridgehead atoms. The summed E-state index contributed by atoms with van der Waals surface area (Å²) in [5.74, 6) is -1.21. The van der Waals surface area contributed by atoms with E-state index in [1.165, 1.54) is 12.0 Å². The molecule has 1 saturated heterocycles. The molecule has 1 aliphatic rings. The lowest BCUT2D eigenvalue weighted by atomic mass is 9.85. The lowest BCUT2D eigenvalue weighted by molar-refractivity contribution is -0.132. The molecule has 3 aromatic carbocycles. The summed E-state index contributed by atoms with van der Waals surface area (Å²) >= 11 is 0. The van der Waals surface area contributed by atoms with E-state index in [0.29, 0.717) is 17.0 Å². The van der Waals surface area contributed by atoms with E-state index >= 15 is 0 Å². The van der Waals surface area contributed by atoms with Gasteiger partial charge in [0, 0.05) is 5.69 Å². The number of methoxy groups -OCH3 is 1. The fraction of sp³-hybridized carbons (Fsp3) is 0.267. The van der Waals surface area contributed by atoms with Crippen molar-refractivity contribution in [3.63, 3.8) is 0 Å². The number of aliphatic hydroxyl groups is 1. The number of ether oxygens (including phenoxy) is 1. The number of Topliss-reactive ketones (excluding diaryl/α,β-unsaturated/α-hetero) is 1. The number of amides is 1. The van der Waals surface area contributed by atoms with Crippen LogP contribution in [0, 0.1) is 13.8 Å². The zero-order valence-corrected chi connectivity index (χ0v) is 21.0. The van der Waals surface area contributed by atoms with E-state index in [2.05, 4.69) is 20.8 Å². The largest absolute Gasteiger partial charge is 0.507 e. The van der Waals surface area contributed by atoms with Crippen LogP contribution in [0.3, 0.4) is 0 Å². The standard InChI is InChI=1S/C30H31NO4/c1-18-14-19(2)16-22(15-18)31-26(20-10-8-7-9-11-20)25(28(33)29(31)34)27(32)23-17-21(30(3,4)5)12-13-24(23)35-6/h7-17,26,32H,1-6H3/b27-25+. The Kier molecular flexibility index (Phi) is 6.28. The smallest absolute Gasteiger partial charge is 0.300 e. The van der Waals surface area contributed by atoms with Gasteiger partial charge in [-0.05, 0) is 65.8 Å². The first-order valence-corrected chi connectivity index (χ1v) is 11.7. The van der Waals surface area contributed by atoms with Gasteiger partial charge < -0.3 is 9.84 Å². The molecule has 4 rings (SSSR count). The van der Waals surface area contributed by atoms with Crippen LogP contribution in [0.2, 0.25) is 0 Å². The zero-order valence-electron chi connectivity index (χ0n) is 21.0. The lowest BCUT2D eigenvalue weighted by Gasteiger charge is -2.26. The molecule has 1 unspecified atom stereocenters. The number of ketones is 1. The minimum absolute atomic E-state index is 0.0460. The minimum Gasteiger partial charge on any atom is -0.507 e. The van der Waals surface area contributed by atoms with Crippen molar-refractivity contribution in [2.24, 2.45) is 0 Å². The van der Waals surface area contributed by atoms with Gasteiger partial charge in [0.05, 0.1) is 24.3 Å². The second-order valence-electron chi connectivity index (χ2n) is 10.1. The van der Waals surface area contributed by atoms with E-state index in [-0.39, 0.29) is 16.7 Å². The third-order valence-electron chi connectivity index (χ3n) is 6.36. The van der Waals surface area contributed by atoms with Gasteiger partial charge in [0.2, 0.25) is 0 Å². The Labute approximate surface area is 206 Å². The number of benzene rings is 3. The van der Waals surface area contributed by atoms with Crippen LogP contribution in [0.25, 0.3) is 5.76 Å². The highest BCUT2D eigenvalue weighted by Crippen LogP contribution is 2.44. The van der Waals surface area contributed by atoms with Crippen molar-refractivity contribution in [2.45, 2.75) is 46.1 Å². The maximum absolute atomic E-state index is 13.5. The average Bonchev–Trinajstić information content (AvgIpc) is 3.08. The van der Waals surface area contributed by atoms with Crippen molar-refractivity contribution < 1.29 is 19.4 Å². The molecule has 1 heterocycles. The third-order valence-corrected chi connectivity index (χ3v) is 6.36.